The van der Waals surface area contributed by atoms with Crippen molar-refractivity contribution in [3.05, 3.63) is 61.6 Å². The summed E-state index contributed by atoms with van der Waals surface area (Å²) in [6.45, 7) is -0.671. The van der Waals surface area contributed by atoms with Crippen LogP contribution in [0.4, 0.5) is 17.1 Å². The second-order valence-electron chi connectivity index (χ2n) is 5.56. The number of nitrogens with zero attached hydrogens (tertiary/aromatic N) is 4. The molecule has 3 rings (SSSR count). The first-order valence-corrected chi connectivity index (χ1v) is 8.14. The number of carbonyl (C=O) groups is 1. The van der Waals surface area contributed by atoms with Crippen LogP contribution in [-0.2, 0) is 4.79 Å². The molecule has 0 aliphatic rings. The number of H-pyrrole nitrogens is 1. The SMILES string of the molecule is O=C(COc1ccc(Cl)cc1[N+](=O)[O-])N=Nc1c(O)[nH]c2ccc([N+](=O)[O-])cc12. The molecule has 0 spiro atoms. The highest BCUT2D eigenvalue weighted by atomic mass is 35.5. The van der Waals surface area contributed by atoms with Crippen molar-refractivity contribution >= 4 is 45.5 Å². The van der Waals surface area contributed by atoms with Gasteiger partial charge < -0.3 is 14.8 Å². The van der Waals surface area contributed by atoms with Crippen LogP contribution in [0.2, 0.25) is 5.02 Å². The molecule has 0 fully saturated rings. The summed E-state index contributed by atoms with van der Waals surface area (Å²) in [6, 6.07) is 7.42. The van der Waals surface area contributed by atoms with Crippen LogP contribution in [-0.4, -0.2) is 32.5 Å². The predicted octanol–water partition coefficient (Wildman–Crippen LogP) is 4.03. The van der Waals surface area contributed by atoms with Gasteiger partial charge in [-0.1, -0.05) is 11.6 Å². The number of non-ortho nitro benzene ring substituents is 1. The molecule has 12 nitrogen and oxygen atoms in total. The first kappa shape index (κ1) is 19.7. The summed E-state index contributed by atoms with van der Waals surface area (Å²) < 4.78 is 5.09. The molecule has 29 heavy (non-hydrogen) atoms. The lowest BCUT2D eigenvalue weighted by atomic mass is 10.2. The summed E-state index contributed by atoms with van der Waals surface area (Å²) in [6.07, 6.45) is 0. The summed E-state index contributed by atoms with van der Waals surface area (Å²) in [5, 5.41) is 39.1. The van der Waals surface area contributed by atoms with E-state index in [1.54, 1.807) is 0 Å². The van der Waals surface area contributed by atoms with Crippen LogP contribution in [0.3, 0.4) is 0 Å². The Bertz CT molecular complexity index is 1170. The van der Waals surface area contributed by atoms with E-state index >= 15 is 0 Å². The van der Waals surface area contributed by atoms with Crippen LogP contribution < -0.4 is 4.74 Å². The molecule has 0 bridgehead atoms. The lowest BCUT2D eigenvalue weighted by Crippen LogP contribution is -2.09. The Morgan fingerprint density at radius 1 is 1.17 bits per heavy atom. The Kier molecular flexibility index (Phi) is 5.36. The van der Waals surface area contributed by atoms with Crippen molar-refractivity contribution in [1.29, 1.82) is 0 Å². The van der Waals surface area contributed by atoms with E-state index in [1.165, 1.54) is 24.3 Å². The largest absolute Gasteiger partial charge is 0.493 e. The number of benzene rings is 2. The number of azo groups is 1. The number of aromatic hydroxyl groups is 1. The van der Waals surface area contributed by atoms with Gasteiger partial charge in [0.1, 0.15) is 0 Å². The zero-order chi connectivity index (χ0) is 21.1. The average Bonchev–Trinajstić information content (AvgIpc) is 2.99. The van der Waals surface area contributed by atoms with Crippen LogP contribution in [0.25, 0.3) is 10.9 Å². The van der Waals surface area contributed by atoms with Crippen molar-refractivity contribution < 1.29 is 24.5 Å². The predicted molar refractivity (Wildman–Crippen MR) is 99.7 cm³/mol. The van der Waals surface area contributed by atoms with Crippen LogP contribution >= 0.6 is 11.6 Å². The first-order chi connectivity index (χ1) is 13.8. The molecule has 0 saturated heterocycles. The highest BCUT2D eigenvalue weighted by Gasteiger charge is 2.18. The number of fused-ring (bicyclic) bond motifs is 1. The molecule has 2 N–H and O–H groups in total. The minimum atomic E-state index is -0.909. The number of hydrogen-bond acceptors (Lipinski definition) is 8. The minimum Gasteiger partial charge on any atom is -0.493 e. The van der Waals surface area contributed by atoms with Crippen LogP contribution in [0.1, 0.15) is 0 Å². The molecular formula is C16H10ClN5O7. The fourth-order valence-electron chi connectivity index (χ4n) is 2.40. The molecule has 0 radical (unpaired) electrons. The van der Waals surface area contributed by atoms with E-state index in [0.29, 0.717) is 5.52 Å². The van der Waals surface area contributed by atoms with E-state index in [0.717, 1.165) is 12.1 Å². The monoisotopic (exact) mass is 419 g/mol. The molecule has 3 aromatic rings. The minimum absolute atomic E-state index is 0.124. The summed E-state index contributed by atoms with van der Waals surface area (Å²) in [4.78, 5) is 35.0. The molecule has 148 valence electrons. The Morgan fingerprint density at radius 2 is 1.93 bits per heavy atom. The maximum absolute atomic E-state index is 11.9. The fourth-order valence-corrected chi connectivity index (χ4v) is 2.56. The second-order valence-corrected chi connectivity index (χ2v) is 6.00. The Balaban J connectivity index is 1.78. The summed E-state index contributed by atoms with van der Waals surface area (Å²) in [5.74, 6) is -1.53. The lowest BCUT2D eigenvalue weighted by Gasteiger charge is -2.04. The smallest absolute Gasteiger partial charge is 0.312 e. The maximum atomic E-state index is 11.9. The van der Waals surface area contributed by atoms with Crippen molar-refractivity contribution in [3.8, 4) is 11.6 Å². The van der Waals surface area contributed by atoms with Crippen LogP contribution in [0, 0.1) is 20.2 Å². The maximum Gasteiger partial charge on any atom is 0.312 e. The lowest BCUT2D eigenvalue weighted by molar-refractivity contribution is -0.385. The third-order valence-corrected chi connectivity index (χ3v) is 3.91. The van der Waals surface area contributed by atoms with Gasteiger partial charge in [0.2, 0.25) is 5.88 Å². The van der Waals surface area contributed by atoms with E-state index in [9.17, 15) is 30.1 Å². The highest BCUT2D eigenvalue weighted by molar-refractivity contribution is 6.30. The number of aromatic nitrogens is 1. The summed E-state index contributed by atoms with van der Waals surface area (Å²) in [7, 11) is 0. The van der Waals surface area contributed by atoms with E-state index in [2.05, 4.69) is 15.2 Å². The number of nitrogens with one attached hydrogen (secondary N) is 1. The van der Waals surface area contributed by atoms with Gasteiger partial charge in [-0.15, -0.1) is 10.2 Å². The van der Waals surface area contributed by atoms with Gasteiger partial charge in [0.25, 0.3) is 5.69 Å². The van der Waals surface area contributed by atoms with Crippen molar-refractivity contribution in [2.24, 2.45) is 10.2 Å². The average molecular weight is 420 g/mol. The molecule has 0 unspecified atom stereocenters. The number of amides is 1. The van der Waals surface area contributed by atoms with E-state index < -0.39 is 33.9 Å². The summed E-state index contributed by atoms with van der Waals surface area (Å²) in [5.41, 5.74) is -0.487. The number of nitro benzene ring substituents is 2. The first-order valence-electron chi connectivity index (χ1n) is 7.76. The van der Waals surface area contributed by atoms with Gasteiger partial charge in [0.15, 0.2) is 18.0 Å². The van der Waals surface area contributed by atoms with Crippen molar-refractivity contribution in [2.45, 2.75) is 0 Å². The molecule has 0 aliphatic carbocycles. The number of hydrogen-bond donors (Lipinski definition) is 2. The second kappa shape index (κ2) is 7.90. The molecule has 1 aromatic heterocycles. The molecular weight excluding hydrogens is 410 g/mol. The van der Waals surface area contributed by atoms with E-state index in [-0.39, 0.29) is 27.5 Å². The molecule has 0 aliphatic heterocycles. The summed E-state index contributed by atoms with van der Waals surface area (Å²) >= 11 is 5.69. The molecule has 2 aromatic carbocycles. The Morgan fingerprint density at radius 3 is 2.62 bits per heavy atom. The van der Waals surface area contributed by atoms with Gasteiger partial charge >= 0.3 is 11.6 Å². The molecule has 1 amide bonds. The zero-order valence-corrected chi connectivity index (χ0v) is 15.0. The molecule has 1 heterocycles. The topological polar surface area (TPSA) is 173 Å². The van der Waals surface area contributed by atoms with Gasteiger partial charge in [-0.3, -0.25) is 25.0 Å². The van der Waals surface area contributed by atoms with Gasteiger partial charge in [-0.25, -0.2) is 0 Å². The van der Waals surface area contributed by atoms with Gasteiger partial charge in [0, 0.05) is 28.6 Å². The number of nitro groups is 2. The number of carbonyl (C=O) groups excluding carboxylic acids is 1. The number of rotatable bonds is 6. The third-order valence-electron chi connectivity index (χ3n) is 3.68. The standard InChI is InChI=1S/C16H10ClN5O7/c17-8-1-4-13(12(5-8)22(27)28)29-7-14(23)19-20-15-10-6-9(21(25)26)2-3-11(10)18-16(15)24/h1-6,18,24H,7H2. The molecule has 0 saturated carbocycles. The quantitative estimate of drug-likeness (QED) is 0.344. The molecule has 0 atom stereocenters. The Labute approximate surface area is 165 Å². The molecule has 13 heteroatoms. The fraction of sp³-hybridized carbons (Fsp3) is 0.0625. The van der Waals surface area contributed by atoms with Gasteiger partial charge in [-0.2, -0.15) is 0 Å². The zero-order valence-electron chi connectivity index (χ0n) is 14.2. The van der Waals surface area contributed by atoms with Crippen LogP contribution in [0.15, 0.2) is 46.6 Å². The van der Waals surface area contributed by atoms with Crippen molar-refractivity contribution in [1.82, 2.24) is 4.98 Å². The Hall–Kier alpha value is -4.06. The third kappa shape index (κ3) is 4.27. The van der Waals surface area contributed by atoms with Crippen LogP contribution in [0.5, 0.6) is 11.6 Å². The normalized spacial score (nSPS) is 11.1. The number of aromatic amines is 1. The number of halogens is 1. The van der Waals surface area contributed by atoms with E-state index in [4.69, 9.17) is 16.3 Å². The van der Waals surface area contributed by atoms with Crippen molar-refractivity contribution in [3.63, 3.8) is 0 Å². The van der Waals surface area contributed by atoms with Crippen molar-refractivity contribution in [2.75, 3.05) is 6.61 Å². The number of ether oxygens (including phenoxy) is 1. The van der Waals surface area contributed by atoms with Gasteiger partial charge in [0.05, 0.1) is 15.4 Å². The van der Waals surface area contributed by atoms with E-state index in [1.807, 2.05) is 0 Å². The van der Waals surface area contributed by atoms with Gasteiger partial charge in [-0.05, 0) is 18.2 Å². The highest BCUT2D eigenvalue weighted by Crippen LogP contribution is 2.37.